The Morgan fingerprint density at radius 3 is 2.54 bits per heavy atom. The minimum Gasteiger partial charge on any atom is -0.334 e. The van der Waals surface area contributed by atoms with Crippen molar-refractivity contribution in [2.45, 2.75) is 6.32 Å². The van der Waals surface area contributed by atoms with Gasteiger partial charge in [-0.15, -0.1) is 0 Å². The second-order valence-corrected chi connectivity index (χ2v) is 3.38. The zero-order valence-corrected chi connectivity index (χ0v) is 9.32. The van der Waals surface area contributed by atoms with Crippen molar-refractivity contribution in [3.8, 4) is 0 Å². The third-order valence-corrected chi connectivity index (χ3v) is 1.82. The summed E-state index contributed by atoms with van der Waals surface area (Å²) in [5.74, 6) is 0.0195. The lowest BCUT2D eigenvalue weighted by Gasteiger charge is -2.20. The largest absolute Gasteiger partial charge is 0.334 e. The van der Waals surface area contributed by atoms with Crippen LogP contribution in [-0.4, -0.2) is 50.9 Å². The molecular weight excluding hydrogens is 186 g/mol. The molecule has 1 amide bonds. The summed E-state index contributed by atoms with van der Waals surface area (Å²) in [6, 6.07) is 0. The van der Waals surface area contributed by atoms with Crippen LogP contribution in [0.3, 0.4) is 0 Å². The predicted octanol–water partition coefficient (Wildman–Crippen LogP) is -1.51. The lowest BCUT2D eigenvalue weighted by Crippen LogP contribution is -2.38. The highest BCUT2D eigenvalue weighted by molar-refractivity contribution is 7.40. The summed E-state index contributed by atoms with van der Waals surface area (Å²) in [6.45, 7) is 1.49. The maximum Gasteiger partial charge on any atom is 0.215 e. The summed E-state index contributed by atoms with van der Waals surface area (Å²) in [5, 5.41) is 2.94. The molecule has 1 atom stereocenters. The lowest BCUT2D eigenvalue weighted by molar-refractivity contribution is -0.131. The first-order valence-electron chi connectivity index (χ1n) is 4.32. The summed E-state index contributed by atoms with van der Waals surface area (Å²) in [7, 11) is 5.69. The highest BCUT2D eigenvalue weighted by Crippen LogP contribution is 1.96. The van der Waals surface area contributed by atoms with Gasteiger partial charge >= 0.3 is 0 Å². The molecule has 0 spiro atoms. The van der Waals surface area contributed by atoms with Crippen molar-refractivity contribution in [2.75, 3.05) is 26.7 Å². The Kier molecular flexibility index (Phi) is 6.82. The molecule has 0 aromatic carbocycles. The molecule has 0 aliphatic heterocycles. The number of hydrogen-bond donors (Lipinski definition) is 1. The van der Waals surface area contributed by atoms with Gasteiger partial charge in [0.25, 0.3) is 0 Å². The summed E-state index contributed by atoms with van der Waals surface area (Å²) in [6.07, 6.45) is 0.446. The second kappa shape index (κ2) is 7.04. The SMILES string of the molecule is BCC(=O)N(CCNC)CC(=O)P. The molecule has 0 aromatic rings. The number of carbonyl (C=O) groups is 2. The topological polar surface area (TPSA) is 49.4 Å². The third kappa shape index (κ3) is 5.78. The monoisotopic (exact) mass is 202 g/mol. The van der Waals surface area contributed by atoms with Crippen LogP contribution in [-0.2, 0) is 9.59 Å². The van der Waals surface area contributed by atoms with Gasteiger partial charge in [0.2, 0.25) is 5.91 Å². The van der Waals surface area contributed by atoms with Crippen LogP contribution in [0.1, 0.15) is 0 Å². The smallest absolute Gasteiger partial charge is 0.215 e. The van der Waals surface area contributed by atoms with Crippen molar-refractivity contribution in [1.82, 2.24) is 10.2 Å². The molecule has 0 aliphatic carbocycles. The fourth-order valence-electron chi connectivity index (χ4n) is 0.950. The van der Waals surface area contributed by atoms with Crippen molar-refractivity contribution in [1.29, 1.82) is 0 Å². The summed E-state index contributed by atoms with van der Waals surface area (Å²) >= 11 is 0. The molecule has 0 aliphatic rings. The van der Waals surface area contributed by atoms with Crippen LogP contribution in [0.25, 0.3) is 0 Å². The van der Waals surface area contributed by atoms with E-state index in [1.165, 1.54) is 0 Å². The Morgan fingerprint density at radius 1 is 1.54 bits per heavy atom. The summed E-state index contributed by atoms with van der Waals surface area (Å²) in [5.41, 5.74) is -0.0575. The van der Waals surface area contributed by atoms with Gasteiger partial charge in [0.05, 0.1) is 6.54 Å². The minimum absolute atomic E-state index is 0.0195. The molecule has 4 nitrogen and oxygen atoms in total. The molecule has 0 rings (SSSR count). The minimum atomic E-state index is -0.0575. The summed E-state index contributed by atoms with van der Waals surface area (Å²) in [4.78, 5) is 23.6. The first-order chi connectivity index (χ1) is 6.11. The van der Waals surface area contributed by atoms with E-state index < -0.39 is 0 Å². The molecule has 13 heavy (non-hydrogen) atoms. The Labute approximate surface area is 82.0 Å². The van der Waals surface area contributed by atoms with Crippen molar-refractivity contribution < 1.29 is 9.59 Å². The maximum atomic E-state index is 11.3. The molecule has 74 valence electrons. The van der Waals surface area contributed by atoms with Crippen LogP contribution < -0.4 is 5.32 Å². The lowest BCUT2D eigenvalue weighted by atomic mass is 10.0. The Bertz CT molecular complexity index is 189. The quantitative estimate of drug-likeness (QED) is 0.420. The van der Waals surface area contributed by atoms with E-state index in [2.05, 4.69) is 14.6 Å². The van der Waals surface area contributed by atoms with Crippen molar-refractivity contribution in [3.63, 3.8) is 0 Å². The molecule has 0 fully saturated rings. The van der Waals surface area contributed by atoms with Crippen LogP contribution in [0.15, 0.2) is 0 Å². The number of likely N-dealkylation sites (N-methyl/N-ethyl adjacent to an activating group) is 1. The van der Waals surface area contributed by atoms with Crippen LogP contribution >= 0.6 is 9.24 Å². The molecule has 1 unspecified atom stereocenters. The molecule has 0 aromatic heterocycles. The first kappa shape index (κ1) is 12.6. The standard InChI is InChI=1S/C7H16BN2O2P/c1-9-2-3-10(5-7(12)13)6(11)4-8/h9H,2-5,8,13H2,1H3. The average Bonchev–Trinajstić information content (AvgIpc) is 2.10. The zero-order chi connectivity index (χ0) is 10.3. The van der Waals surface area contributed by atoms with Gasteiger partial charge in [-0.05, 0) is 13.4 Å². The average molecular weight is 202 g/mol. The molecule has 1 N–H and O–H groups in total. The van der Waals surface area contributed by atoms with Gasteiger partial charge in [-0.2, -0.15) is 0 Å². The van der Waals surface area contributed by atoms with Gasteiger partial charge in [-0.3, -0.25) is 9.59 Å². The van der Waals surface area contributed by atoms with E-state index in [9.17, 15) is 9.59 Å². The first-order valence-corrected chi connectivity index (χ1v) is 4.90. The van der Waals surface area contributed by atoms with Gasteiger partial charge in [-0.1, -0.05) is 9.24 Å². The second-order valence-electron chi connectivity index (χ2n) is 2.74. The molecule has 0 radical (unpaired) electrons. The van der Waals surface area contributed by atoms with Crippen LogP contribution in [0.2, 0.25) is 6.32 Å². The van der Waals surface area contributed by atoms with Crippen LogP contribution in [0.4, 0.5) is 0 Å². The van der Waals surface area contributed by atoms with E-state index in [0.29, 0.717) is 19.4 Å². The highest BCUT2D eigenvalue weighted by Gasteiger charge is 2.11. The number of carbonyl (C=O) groups excluding carboxylic acids is 2. The highest BCUT2D eigenvalue weighted by atomic mass is 31.0. The van der Waals surface area contributed by atoms with Gasteiger partial charge in [0.1, 0.15) is 7.85 Å². The van der Waals surface area contributed by atoms with Gasteiger partial charge in [-0.25, -0.2) is 0 Å². The van der Waals surface area contributed by atoms with Crippen LogP contribution in [0, 0.1) is 0 Å². The van der Waals surface area contributed by atoms with Crippen molar-refractivity contribution >= 4 is 28.5 Å². The normalized spacial score (nSPS) is 9.69. The number of amides is 1. The molecule has 0 heterocycles. The van der Waals surface area contributed by atoms with E-state index in [1.807, 2.05) is 7.05 Å². The Hall–Kier alpha value is -0.405. The molecule has 0 bridgehead atoms. The predicted molar refractivity (Wildman–Crippen MR) is 58.6 cm³/mol. The molecule has 0 saturated carbocycles. The fourth-order valence-corrected chi connectivity index (χ4v) is 1.17. The summed E-state index contributed by atoms with van der Waals surface area (Å²) < 4.78 is 0. The molecule has 6 heteroatoms. The number of nitrogens with zero attached hydrogens (tertiary/aromatic N) is 1. The van der Waals surface area contributed by atoms with Gasteiger partial charge < -0.3 is 10.2 Å². The number of hydrogen-bond acceptors (Lipinski definition) is 3. The van der Waals surface area contributed by atoms with Gasteiger partial charge in [0, 0.05) is 13.1 Å². The maximum absolute atomic E-state index is 11.3. The van der Waals surface area contributed by atoms with E-state index in [-0.39, 0.29) is 18.0 Å². The van der Waals surface area contributed by atoms with E-state index in [0.717, 1.165) is 0 Å². The Balaban J connectivity index is 4.02. The Morgan fingerprint density at radius 2 is 2.15 bits per heavy atom. The van der Waals surface area contributed by atoms with E-state index in [1.54, 1.807) is 12.7 Å². The number of rotatable bonds is 6. The fraction of sp³-hybridized carbons (Fsp3) is 0.714. The third-order valence-electron chi connectivity index (χ3n) is 1.63. The van der Waals surface area contributed by atoms with Crippen molar-refractivity contribution in [3.05, 3.63) is 0 Å². The zero-order valence-electron chi connectivity index (χ0n) is 8.17. The molecule has 0 saturated heterocycles. The van der Waals surface area contributed by atoms with Gasteiger partial charge in [0.15, 0.2) is 5.52 Å². The van der Waals surface area contributed by atoms with E-state index >= 15 is 0 Å². The molecular formula is C7H16BN2O2P. The van der Waals surface area contributed by atoms with Crippen LogP contribution in [0.5, 0.6) is 0 Å². The van der Waals surface area contributed by atoms with E-state index in [4.69, 9.17) is 0 Å². The van der Waals surface area contributed by atoms with Crippen molar-refractivity contribution in [2.24, 2.45) is 0 Å². The number of nitrogens with one attached hydrogen (secondary N) is 1.